The minimum absolute atomic E-state index is 0.140. The highest BCUT2D eigenvalue weighted by Gasteiger charge is 2.10. The number of carbonyl (C=O) groups excluding carboxylic acids is 2. The van der Waals surface area contributed by atoms with Gasteiger partial charge in [-0.25, -0.2) is 9.07 Å². The molecule has 0 spiro atoms. The fraction of sp³-hybridized carbons (Fsp3) is 0.0800. The molecule has 2 amide bonds. The van der Waals surface area contributed by atoms with Crippen molar-refractivity contribution in [3.8, 4) is 5.69 Å². The molecule has 6 nitrogen and oxygen atoms in total. The van der Waals surface area contributed by atoms with Crippen LogP contribution in [-0.2, 0) is 11.2 Å². The van der Waals surface area contributed by atoms with Crippen LogP contribution in [0.15, 0.2) is 85.2 Å². The number of benzene rings is 3. The lowest BCUT2D eigenvalue weighted by Crippen LogP contribution is -2.14. The number of hydrogen-bond acceptors (Lipinski definition) is 3. The Morgan fingerprint density at radius 2 is 1.75 bits per heavy atom. The summed E-state index contributed by atoms with van der Waals surface area (Å²) in [5.41, 5.74) is 4.01. The summed E-state index contributed by atoms with van der Waals surface area (Å²) in [5.74, 6) is -0.931. The molecular weight excluding hydrogens is 407 g/mol. The van der Waals surface area contributed by atoms with Crippen LogP contribution < -0.4 is 10.6 Å². The maximum atomic E-state index is 13.3. The fourth-order valence-corrected chi connectivity index (χ4v) is 3.30. The number of hydrogen-bond donors (Lipinski definition) is 2. The Balaban J connectivity index is 1.43. The lowest BCUT2D eigenvalue weighted by molar-refractivity contribution is -0.115. The molecule has 4 aromatic rings. The predicted molar refractivity (Wildman–Crippen MR) is 121 cm³/mol. The topological polar surface area (TPSA) is 76.0 Å². The minimum Gasteiger partial charge on any atom is -0.323 e. The summed E-state index contributed by atoms with van der Waals surface area (Å²) in [7, 11) is 0. The first-order valence-corrected chi connectivity index (χ1v) is 10.0. The normalized spacial score (nSPS) is 10.6. The van der Waals surface area contributed by atoms with Crippen LogP contribution >= 0.6 is 0 Å². The summed E-state index contributed by atoms with van der Waals surface area (Å²) >= 11 is 0. The van der Waals surface area contributed by atoms with E-state index in [0.29, 0.717) is 22.6 Å². The van der Waals surface area contributed by atoms with Gasteiger partial charge in [0.15, 0.2) is 0 Å². The van der Waals surface area contributed by atoms with E-state index in [2.05, 4.69) is 15.7 Å². The second-order valence-electron chi connectivity index (χ2n) is 7.40. The third-order valence-corrected chi connectivity index (χ3v) is 4.77. The summed E-state index contributed by atoms with van der Waals surface area (Å²) < 4.78 is 14.9. The van der Waals surface area contributed by atoms with Gasteiger partial charge in [-0.2, -0.15) is 5.10 Å². The number of halogens is 1. The number of rotatable bonds is 6. The maximum Gasteiger partial charge on any atom is 0.255 e. The molecular formula is C25H21FN4O2. The molecule has 1 heterocycles. The molecule has 0 fully saturated rings. The average Bonchev–Trinajstić information content (AvgIpc) is 3.22. The molecule has 0 aliphatic rings. The van der Waals surface area contributed by atoms with Crippen LogP contribution in [0.25, 0.3) is 5.69 Å². The smallest absolute Gasteiger partial charge is 0.255 e. The Morgan fingerprint density at radius 1 is 0.938 bits per heavy atom. The van der Waals surface area contributed by atoms with E-state index >= 15 is 0 Å². The number of nitrogens with one attached hydrogen (secondary N) is 2. The Bertz CT molecular complexity index is 1280. The van der Waals surface area contributed by atoms with Crippen molar-refractivity contribution < 1.29 is 14.0 Å². The van der Waals surface area contributed by atoms with Crippen LogP contribution in [0.2, 0.25) is 0 Å². The van der Waals surface area contributed by atoms with Crippen molar-refractivity contribution in [1.82, 2.24) is 9.78 Å². The zero-order chi connectivity index (χ0) is 22.5. The summed E-state index contributed by atoms with van der Waals surface area (Å²) in [5, 5.41) is 9.79. The number of anilines is 2. The van der Waals surface area contributed by atoms with E-state index in [1.807, 2.05) is 31.2 Å². The van der Waals surface area contributed by atoms with Crippen LogP contribution in [-0.4, -0.2) is 21.6 Å². The third kappa shape index (κ3) is 5.26. The van der Waals surface area contributed by atoms with Gasteiger partial charge < -0.3 is 10.6 Å². The predicted octanol–water partition coefficient (Wildman–Crippen LogP) is 4.75. The second kappa shape index (κ2) is 9.26. The molecule has 0 saturated heterocycles. The van der Waals surface area contributed by atoms with Crippen molar-refractivity contribution in [2.45, 2.75) is 13.3 Å². The van der Waals surface area contributed by atoms with Crippen molar-refractivity contribution in [2.24, 2.45) is 0 Å². The van der Waals surface area contributed by atoms with Crippen LogP contribution in [0.5, 0.6) is 0 Å². The van der Waals surface area contributed by atoms with Crippen LogP contribution in [0.4, 0.5) is 15.8 Å². The van der Waals surface area contributed by atoms with Gasteiger partial charge in [-0.3, -0.25) is 9.59 Å². The van der Waals surface area contributed by atoms with E-state index in [4.69, 9.17) is 0 Å². The minimum atomic E-state index is -0.426. The lowest BCUT2D eigenvalue weighted by Gasteiger charge is -2.07. The first-order chi connectivity index (χ1) is 15.5. The molecule has 0 radical (unpaired) electrons. The van der Waals surface area contributed by atoms with Crippen molar-refractivity contribution in [1.29, 1.82) is 0 Å². The van der Waals surface area contributed by atoms with E-state index in [1.165, 1.54) is 18.2 Å². The van der Waals surface area contributed by atoms with Gasteiger partial charge in [0.05, 0.1) is 30.2 Å². The fourth-order valence-electron chi connectivity index (χ4n) is 3.30. The van der Waals surface area contributed by atoms with Crippen LogP contribution in [0, 0.1) is 12.7 Å². The molecule has 1 aromatic heterocycles. The quantitative estimate of drug-likeness (QED) is 0.465. The van der Waals surface area contributed by atoms with E-state index in [1.54, 1.807) is 47.4 Å². The SMILES string of the molecule is Cc1cccc(CC(=O)Nc2cnn(-c3cccc(C(=O)Nc4cccc(F)c4)c3)c2)c1. The molecule has 0 aliphatic heterocycles. The molecule has 0 unspecified atom stereocenters. The van der Waals surface area contributed by atoms with Gasteiger partial charge in [0.1, 0.15) is 5.82 Å². The molecule has 0 saturated carbocycles. The largest absolute Gasteiger partial charge is 0.323 e. The molecule has 0 atom stereocenters. The highest BCUT2D eigenvalue weighted by molar-refractivity contribution is 6.04. The summed E-state index contributed by atoms with van der Waals surface area (Å²) in [4.78, 5) is 24.9. The van der Waals surface area contributed by atoms with E-state index in [-0.39, 0.29) is 18.2 Å². The van der Waals surface area contributed by atoms with Gasteiger partial charge in [0, 0.05) is 11.3 Å². The molecule has 32 heavy (non-hydrogen) atoms. The Hall–Kier alpha value is -4.26. The Kier molecular flexibility index (Phi) is 6.07. The lowest BCUT2D eigenvalue weighted by atomic mass is 10.1. The van der Waals surface area contributed by atoms with Crippen molar-refractivity contribution >= 4 is 23.2 Å². The van der Waals surface area contributed by atoms with Crippen molar-refractivity contribution in [2.75, 3.05) is 10.6 Å². The van der Waals surface area contributed by atoms with Crippen molar-refractivity contribution in [3.05, 3.63) is 108 Å². The second-order valence-corrected chi connectivity index (χ2v) is 7.40. The van der Waals surface area contributed by atoms with E-state index in [9.17, 15) is 14.0 Å². The van der Waals surface area contributed by atoms with Crippen LogP contribution in [0.1, 0.15) is 21.5 Å². The molecule has 0 aliphatic carbocycles. The average molecular weight is 428 g/mol. The highest BCUT2D eigenvalue weighted by Crippen LogP contribution is 2.16. The molecule has 3 aromatic carbocycles. The maximum absolute atomic E-state index is 13.3. The number of carbonyl (C=O) groups is 2. The van der Waals surface area contributed by atoms with Crippen molar-refractivity contribution in [3.63, 3.8) is 0 Å². The van der Waals surface area contributed by atoms with Gasteiger partial charge in [-0.15, -0.1) is 0 Å². The number of aromatic nitrogens is 2. The standard InChI is InChI=1S/C25H21FN4O2/c1-17-5-2-6-18(11-17)12-24(31)28-22-15-27-30(16-22)23-10-3-7-19(13-23)25(32)29-21-9-4-8-20(26)14-21/h2-11,13-16H,12H2,1H3,(H,28,31)(H,29,32). The number of amides is 2. The van der Waals surface area contributed by atoms with Crippen LogP contribution in [0.3, 0.4) is 0 Å². The zero-order valence-corrected chi connectivity index (χ0v) is 17.4. The van der Waals surface area contributed by atoms with E-state index in [0.717, 1.165) is 11.1 Å². The zero-order valence-electron chi connectivity index (χ0n) is 17.4. The molecule has 160 valence electrons. The van der Waals surface area contributed by atoms with E-state index < -0.39 is 5.82 Å². The highest BCUT2D eigenvalue weighted by atomic mass is 19.1. The summed E-state index contributed by atoms with van der Waals surface area (Å²) in [6, 6.07) is 20.4. The first-order valence-electron chi connectivity index (χ1n) is 10.0. The summed E-state index contributed by atoms with van der Waals surface area (Å²) in [6.07, 6.45) is 3.49. The van der Waals surface area contributed by atoms with Gasteiger partial charge in [0.2, 0.25) is 5.91 Å². The third-order valence-electron chi connectivity index (χ3n) is 4.77. The number of nitrogens with zero attached hydrogens (tertiary/aromatic N) is 2. The number of aryl methyl sites for hydroxylation is 1. The first kappa shape index (κ1) is 21.0. The van der Waals surface area contributed by atoms with Gasteiger partial charge in [0.25, 0.3) is 5.91 Å². The molecule has 7 heteroatoms. The monoisotopic (exact) mass is 428 g/mol. The molecule has 0 bridgehead atoms. The van der Waals surface area contributed by atoms with Gasteiger partial charge in [-0.1, -0.05) is 42.0 Å². The Labute approximate surface area is 184 Å². The van der Waals surface area contributed by atoms with Gasteiger partial charge in [-0.05, 0) is 48.9 Å². The molecule has 2 N–H and O–H groups in total. The molecule has 4 rings (SSSR count). The Morgan fingerprint density at radius 3 is 2.56 bits per heavy atom. The summed E-state index contributed by atoms with van der Waals surface area (Å²) in [6.45, 7) is 1.98. The van der Waals surface area contributed by atoms with Gasteiger partial charge >= 0.3 is 0 Å².